The number of amides is 1. The molecule has 0 aliphatic carbocycles. The summed E-state index contributed by atoms with van der Waals surface area (Å²) in [5.41, 5.74) is 0. The largest absolute Gasteiger partial charge is 0.335 e. The summed E-state index contributed by atoms with van der Waals surface area (Å²) >= 11 is 13.9. The maximum Gasteiger partial charge on any atom is 0.265 e. The topological polar surface area (TPSA) is 66.5 Å². The summed E-state index contributed by atoms with van der Waals surface area (Å²) < 4.78 is 25.9. The molecule has 2 aromatic rings. The number of halogens is 2. The lowest BCUT2D eigenvalue weighted by atomic mass is 9.99. The number of carbonyl (C=O) groups excluding carboxylic acids is 1. The number of carbonyl (C=O) groups is 1. The Morgan fingerprint density at radius 2 is 2.12 bits per heavy atom. The minimum Gasteiger partial charge on any atom is -0.335 e. The minimum absolute atomic E-state index is 0.00960. The minimum atomic E-state index is -3.23. The number of sulfonamides is 1. The van der Waals surface area contributed by atoms with Crippen LogP contribution in [0.3, 0.4) is 0 Å². The van der Waals surface area contributed by atoms with Crippen molar-refractivity contribution in [3.05, 3.63) is 33.1 Å². The lowest BCUT2D eigenvalue weighted by Gasteiger charge is -2.35. The van der Waals surface area contributed by atoms with E-state index in [0.29, 0.717) is 34.4 Å². The molecule has 1 amide bonds. The summed E-state index contributed by atoms with van der Waals surface area (Å²) in [5.74, 6) is -0.0867. The van der Waals surface area contributed by atoms with Crippen LogP contribution in [0.5, 0.6) is 0 Å². The number of nitrogens with zero attached hydrogens (tertiary/aromatic N) is 1. The number of thiophene rings is 1. The number of benzene rings is 1. The maximum atomic E-state index is 13.1. The number of piperidine rings is 1. The van der Waals surface area contributed by atoms with E-state index >= 15 is 0 Å². The molecule has 1 aliphatic rings. The van der Waals surface area contributed by atoms with Crippen LogP contribution in [-0.4, -0.2) is 44.6 Å². The quantitative estimate of drug-likeness (QED) is 0.768. The first kappa shape index (κ1) is 19.9. The van der Waals surface area contributed by atoms with Gasteiger partial charge >= 0.3 is 0 Å². The Morgan fingerprint density at radius 3 is 2.85 bits per heavy atom. The van der Waals surface area contributed by atoms with Crippen LogP contribution in [0, 0.1) is 0 Å². The van der Waals surface area contributed by atoms with Crippen LogP contribution < -0.4 is 4.72 Å². The van der Waals surface area contributed by atoms with Crippen LogP contribution in [0.15, 0.2) is 18.2 Å². The standard InChI is InChI=1S/C17H20Cl2N2O3S2/c1-26(23,24)20-8-7-12-4-2-3-9-21(12)17(22)16-15(19)13-6-5-11(18)10-14(13)25-16/h5-6,10,12,20H,2-4,7-9H2,1H3/t12-/m0/s1. The van der Waals surface area contributed by atoms with Crippen molar-refractivity contribution < 1.29 is 13.2 Å². The zero-order valence-electron chi connectivity index (χ0n) is 14.3. The number of hydrogen-bond acceptors (Lipinski definition) is 4. The van der Waals surface area contributed by atoms with E-state index in [1.165, 1.54) is 11.3 Å². The molecule has 9 heteroatoms. The van der Waals surface area contributed by atoms with Gasteiger partial charge in [0.05, 0.1) is 11.3 Å². The van der Waals surface area contributed by atoms with Crippen molar-refractivity contribution in [2.45, 2.75) is 31.7 Å². The molecule has 26 heavy (non-hydrogen) atoms. The predicted molar refractivity (Wildman–Crippen MR) is 108 cm³/mol. The highest BCUT2D eigenvalue weighted by atomic mass is 35.5. The average Bonchev–Trinajstić information content (AvgIpc) is 2.89. The van der Waals surface area contributed by atoms with Gasteiger partial charge in [-0.15, -0.1) is 11.3 Å². The van der Waals surface area contributed by atoms with Crippen molar-refractivity contribution in [1.82, 2.24) is 9.62 Å². The normalized spacial score (nSPS) is 18.4. The molecule has 0 saturated carbocycles. The number of fused-ring (bicyclic) bond motifs is 1. The van der Waals surface area contributed by atoms with Crippen molar-refractivity contribution in [3.8, 4) is 0 Å². The molecule has 0 bridgehead atoms. The Hall–Kier alpha value is -0.860. The Labute approximate surface area is 167 Å². The van der Waals surface area contributed by atoms with E-state index in [0.717, 1.165) is 35.6 Å². The number of hydrogen-bond donors (Lipinski definition) is 1. The van der Waals surface area contributed by atoms with Gasteiger partial charge in [0, 0.05) is 34.2 Å². The molecule has 1 N–H and O–H groups in total. The second-order valence-electron chi connectivity index (χ2n) is 6.49. The second-order valence-corrected chi connectivity index (χ2v) is 10.2. The number of nitrogens with one attached hydrogen (secondary N) is 1. The first-order valence-electron chi connectivity index (χ1n) is 8.39. The van der Waals surface area contributed by atoms with Gasteiger partial charge in [-0.2, -0.15) is 0 Å². The van der Waals surface area contributed by atoms with Gasteiger partial charge in [-0.05, 0) is 37.8 Å². The molecule has 1 saturated heterocycles. The third-order valence-electron chi connectivity index (χ3n) is 4.52. The second kappa shape index (κ2) is 8.02. The van der Waals surface area contributed by atoms with E-state index in [-0.39, 0.29) is 11.9 Å². The molecule has 1 aromatic heterocycles. The van der Waals surface area contributed by atoms with Crippen molar-refractivity contribution in [3.63, 3.8) is 0 Å². The van der Waals surface area contributed by atoms with E-state index in [9.17, 15) is 13.2 Å². The van der Waals surface area contributed by atoms with Crippen molar-refractivity contribution >= 4 is 60.6 Å². The molecule has 1 atom stereocenters. The van der Waals surface area contributed by atoms with Gasteiger partial charge in [0.1, 0.15) is 4.88 Å². The van der Waals surface area contributed by atoms with Crippen LogP contribution in [0.25, 0.3) is 10.1 Å². The first-order chi connectivity index (χ1) is 12.3. The molecule has 0 spiro atoms. The zero-order chi connectivity index (χ0) is 18.9. The maximum absolute atomic E-state index is 13.1. The molecule has 0 unspecified atom stereocenters. The summed E-state index contributed by atoms with van der Waals surface area (Å²) in [7, 11) is -3.23. The average molecular weight is 435 g/mol. The molecule has 5 nitrogen and oxygen atoms in total. The summed E-state index contributed by atoms with van der Waals surface area (Å²) in [4.78, 5) is 15.5. The number of rotatable bonds is 5. The fraction of sp³-hybridized carbons (Fsp3) is 0.471. The van der Waals surface area contributed by atoms with Gasteiger partial charge < -0.3 is 4.90 Å². The van der Waals surface area contributed by atoms with Crippen LogP contribution >= 0.6 is 34.5 Å². The summed E-state index contributed by atoms with van der Waals surface area (Å²) in [6.07, 6.45) is 4.57. The Kier molecular flexibility index (Phi) is 6.14. The highest BCUT2D eigenvalue weighted by Gasteiger charge is 2.30. The molecule has 1 aliphatic heterocycles. The van der Waals surface area contributed by atoms with E-state index < -0.39 is 10.0 Å². The Morgan fingerprint density at radius 1 is 1.35 bits per heavy atom. The molecule has 2 heterocycles. The third-order valence-corrected chi connectivity index (χ3v) is 7.12. The zero-order valence-corrected chi connectivity index (χ0v) is 17.4. The van der Waals surface area contributed by atoms with Gasteiger partial charge in [0.15, 0.2) is 0 Å². The van der Waals surface area contributed by atoms with E-state index in [1.54, 1.807) is 6.07 Å². The summed E-state index contributed by atoms with van der Waals surface area (Å²) in [6.45, 7) is 0.983. The Balaban J connectivity index is 1.81. The van der Waals surface area contributed by atoms with Gasteiger partial charge in [0.25, 0.3) is 5.91 Å². The third kappa shape index (κ3) is 4.51. The molecule has 0 radical (unpaired) electrons. The van der Waals surface area contributed by atoms with Crippen LogP contribution in [0.4, 0.5) is 0 Å². The lowest BCUT2D eigenvalue weighted by molar-refractivity contribution is 0.0609. The molecule has 3 rings (SSSR count). The monoisotopic (exact) mass is 434 g/mol. The van der Waals surface area contributed by atoms with Crippen molar-refractivity contribution in [2.75, 3.05) is 19.3 Å². The first-order valence-corrected chi connectivity index (χ1v) is 11.9. The number of likely N-dealkylation sites (tertiary alicyclic amines) is 1. The summed E-state index contributed by atoms with van der Waals surface area (Å²) in [6, 6.07) is 5.41. The van der Waals surface area contributed by atoms with Gasteiger partial charge in [-0.25, -0.2) is 13.1 Å². The van der Waals surface area contributed by atoms with Gasteiger partial charge in [-0.3, -0.25) is 4.79 Å². The SMILES string of the molecule is CS(=O)(=O)NCC[C@@H]1CCCCN1C(=O)c1sc2cc(Cl)ccc2c1Cl. The fourth-order valence-electron chi connectivity index (χ4n) is 3.29. The molecular formula is C17H20Cl2N2O3S2. The Bertz CT molecular complexity index is 927. The van der Waals surface area contributed by atoms with Crippen molar-refractivity contribution in [1.29, 1.82) is 0 Å². The highest BCUT2D eigenvalue weighted by Crippen LogP contribution is 2.38. The van der Waals surface area contributed by atoms with Crippen LogP contribution in [-0.2, 0) is 10.0 Å². The fourth-order valence-corrected chi connectivity index (χ4v) is 5.52. The molecule has 1 fully saturated rings. The smallest absolute Gasteiger partial charge is 0.265 e. The predicted octanol–water partition coefficient (Wildman–Crippen LogP) is 4.14. The van der Waals surface area contributed by atoms with Gasteiger partial charge in [0.2, 0.25) is 10.0 Å². The summed E-state index contributed by atoms with van der Waals surface area (Å²) in [5, 5.41) is 1.90. The van der Waals surface area contributed by atoms with Crippen LogP contribution in [0.2, 0.25) is 10.0 Å². The lowest BCUT2D eigenvalue weighted by Crippen LogP contribution is -2.45. The molecule has 142 valence electrons. The van der Waals surface area contributed by atoms with E-state index in [2.05, 4.69) is 4.72 Å². The van der Waals surface area contributed by atoms with Crippen molar-refractivity contribution in [2.24, 2.45) is 0 Å². The molecular weight excluding hydrogens is 415 g/mol. The van der Waals surface area contributed by atoms with Crippen LogP contribution in [0.1, 0.15) is 35.4 Å². The highest BCUT2D eigenvalue weighted by molar-refractivity contribution is 7.88. The van der Waals surface area contributed by atoms with E-state index in [4.69, 9.17) is 23.2 Å². The van der Waals surface area contributed by atoms with E-state index in [1.807, 2.05) is 17.0 Å². The van der Waals surface area contributed by atoms with Gasteiger partial charge in [-0.1, -0.05) is 29.3 Å². The molecule has 1 aromatic carbocycles.